The molecule has 0 saturated carbocycles. The predicted molar refractivity (Wildman–Crippen MR) is 85.6 cm³/mol. The molecule has 5 heteroatoms. The number of hydrogen-bond acceptors (Lipinski definition) is 1. The second kappa shape index (κ2) is 6.21. The quantitative estimate of drug-likeness (QED) is 0.625. The molecule has 0 saturated heterocycles. The van der Waals surface area contributed by atoms with Crippen molar-refractivity contribution in [1.82, 2.24) is 0 Å². The van der Waals surface area contributed by atoms with E-state index in [0.717, 1.165) is 19.3 Å². The zero-order valence-electron chi connectivity index (χ0n) is 9.18. The van der Waals surface area contributed by atoms with Crippen molar-refractivity contribution in [2.75, 3.05) is 5.32 Å². The van der Waals surface area contributed by atoms with Gasteiger partial charge in [-0.1, -0.05) is 27.5 Å². The summed E-state index contributed by atoms with van der Waals surface area (Å²) in [7, 11) is 0. The molecule has 2 rings (SSSR count). The van der Waals surface area contributed by atoms with Gasteiger partial charge >= 0.3 is 0 Å². The van der Waals surface area contributed by atoms with Gasteiger partial charge in [-0.2, -0.15) is 0 Å². The molecule has 2 aromatic carbocycles. The predicted octanol–water partition coefficient (Wildman–Crippen LogP) is 5.46. The molecule has 0 spiro atoms. The van der Waals surface area contributed by atoms with E-state index in [1.807, 2.05) is 18.2 Å². The molecule has 18 heavy (non-hydrogen) atoms. The lowest BCUT2D eigenvalue weighted by molar-refractivity contribution is 0.627. The number of halogens is 4. The van der Waals surface area contributed by atoms with Gasteiger partial charge in [0.15, 0.2) is 0 Å². The zero-order valence-corrected chi connectivity index (χ0v) is 13.7. The first-order chi connectivity index (χ1) is 8.56. The number of hydrogen-bond donors (Lipinski definition) is 1. The fraction of sp³-hybridized carbons (Fsp3) is 0.0769. The highest BCUT2D eigenvalue weighted by atomic mass is 127. The van der Waals surface area contributed by atoms with Crippen molar-refractivity contribution in [3.8, 4) is 0 Å². The molecular weight excluding hydrogens is 431 g/mol. The van der Waals surface area contributed by atoms with E-state index >= 15 is 0 Å². The summed E-state index contributed by atoms with van der Waals surface area (Å²) in [4.78, 5) is 0. The summed E-state index contributed by atoms with van der Waals surface area (Å²) in [5.74, 6) is -0.228. The summed E-state index contributed by atoms with van der Waals surface area (Å²) in [6.45, 7) is 0.628. The molecule has 0 aromatic heterocycles. The molecule has 1 nitrogen and oxygen atoms in total. The first-order valence-corrected chi connectivity index (χ1v) is 7.44. The fourth-order valence-corrected chi connectivity index (χ4v) is 2.75. The highest BCUT2D eigenvalue weighted by Gasteiger charge is 2.04. The van der Waals surface area contributed by atoms with Crippen molar-refractivity contribution in [2.45, 2.75) is 6.54 Å². The first kappa shape index (κ1) is 14.1. The number of nitrogens with one attached hydrogen (secondary N) is 1. The van der Waals surface area contributed by atoms with Gasteiger partial charge in [-0.25, -0.2) is 4.39 Å². The van der Waals surface area contributed by atoms with Crippen LogP contribution in [0.15, 0.2) is 40.9 Å². The standard InChI is InChI=1S/C13H9BrClFIN/c14-11-3-1-9(15)5-8(11)7-18-13-4-2-10(16)6-12(13)17/h1-6,18H,7H2. The molecule has 0 bridgehead atoms. The summed E-state index contributed by atoms with van der Waals surface area (Å²) >= 11 is 11.5. The Morgan fingerprint density at radius 1 is 1.22 bits per heavy atom. The summed E-state index contributed by atoms with van der Waals surface area (Å²) < 4.78 is 14.8. The van der Waals surface area contributed by atoms with Gasteiger partial charge in [0.1, 0.15) is 5.82 Å². The third-order valence-corrected chi connectivity index (χ3v) is 4.31. The minimum atomic E-state index is -0.228. The van der Waals surface area contributed by atoms with Crippen LogP contribution in [-0.2, 0) is 6.54 Å². The highest BCUT2D eigenvalue weighted by Crippen LogP contribution is 2.24. The molecule has 1 N–H and O–H groups in total. The molecule has 0 aliphatic rings. The Hall–Kier alpha value is -0.330. The van der Waals surface area contributed by atoms with Crippen molar-refractivity contribution in [1.29, 1.82) is 0 Å². The van der Waals surface area contributed by atoms with Crippen LogP contribution < -0.4 is 5.32 Å². The van der Waals surface area contributed by atoms with Gasteiger partial charge in [0, 0.05) is 25.3 Å². The summed E-state index contributed by atoms with van der Waals surface area (Å²) in [5.41, 5.74) is 1.96. The maximum absolute atomic E-state index is 13.0. The topological polar surface area (TPSA) is 12.0 Å². The molecule has 0 fully saturated rings. The van der Waals surface area contributed by atoms with E-state index in [0.29, 0.717) is 11.6 Å². The van der Waals surface area contributed by atoms with Gasteiger partial charge in [0.25, 0.3) is 0 Å². The molecular formula is C13H9BrClFIN. The van der Waals surface area contributed by atoms with E-state index < -0.39 is 0 Å². The average Bonchev–Trinajstić information content (AvgIpc) is 2.32. The second-order valence-corrected chi connectivity index (χ2v) is 6.17. The zero-order chi connectivity index (χ0) is 13.1. The smallest absolute Gasteiger partial charge is 0.124 e. The SMILES string of the molecule is Fc1ccc(NCc2cc(Cl)ccc2Br)c(I)c1. The summed E-state index contributed by atoms with van der Waals surface area (Å²) in [6.07, 6.45) is 0. The van der Waals surface area contributed by atoms with Crippen LogP contribution >= 0.6 is 50.1 Å². The first-order valence-electron chi connectivity index (χ1n) is 5.19. The largest absolute Gasteiger partial charge is 0.380 e. The Labute approximate surface area is 132 Å². The fourth-order valence-electron chi connectivity index (χ4n) is 1.50. The van der Waals surface area contributed by atoms with Crippen molar-refractivity contribution < 1.29 is 4.39 Å². The van der Waals surface area contributed by atoms with Crippen LogP contribution in [0.5, 0.6) is 0 Å². The van der Waals surface area contributed by atoms with Crippen LogP contribution in [0.3, 0.4) is 0 Å². The minimum absolute atomic E-state index is 0.228. The molecule has 0 radical (unpaired) electrons. The third-order valence-electron chi connectivity index (χ3n) is 2.41. The van der Waals surface area contributed by atoms with Crippen LogP contribution in [0.2, 0.25) is 5.02 Å². The molecule has 0 heterocycles. The maximum Gasteiger partial charge on any atom is 0.124 e. The molecule has 0 unspecified atom stereocenters. The van der Waals surface area contributed by atoms with Crippen LogP contribution in [0.4, 0.5) is 10.1 Å². The van der Waals surface area contributed by atoms with E-state index in [1.165, 1.54) is 12.1 Å². The molecule has 0 aliphatic heterocycles. The molecule has 2 aromatic rings. The molecule has 0 atom stereocenters. The third kappa shape index (κ3) is 3.59. The Kier molecular flexibility index (Phi) is 4.86. The van der Waals surface area contributed by atoms with E-state index in [9.17, 15) is 4.39 Å². The lowest BCUT2D eigenvalue weighted by Gasteiger charge is -2.10. The van der Waals surface area contributed by atoms with E-state index in [1.54, 1.807) is 6.07 Å². The van der Waals surface area contributed by atoms with Crippen molar-refractivity contribution >= 4 is 55.8 Å². The van der Waals surface area contributed by atoms with Crippen LogP contribution in [0.25, 0.3) is 0 Å². The minimum Gasteiger partial charge on any atom is -0.380 e. The lowest BCUT2D eigenvalue weighted by Crippen LogP contribution is -2.02. The summed E-state index contributed by atoms with van der Waals surface area (Å²) in [5, 5.41) is 3.96. The molecule has 0 amide bonds. The van der Waals surface area contributed by atoms with Crippen molar-refractivity contribution in [3.63, 3.8) is 0 Å². The van der Waals surface area contributed by atoms with Crippen LogP contribution in [-0.4, -0.2) is 0 Å². The van der Waals surface area contributed by atoms with E-state index in [-0.39, 0.29) is 5.82 Å². The number of benzene rings is 2. The average molecular weight is 440 g/mol. The Morgan fingerprint density at radius 2 is 2.00 bits per heavy atom. The van der Waals surface area contributed by atoms with Gasteiger partial charge in [-0.05, 0) is 64.6 Å². The van der Waals surface area contributed by atoms with Crippen LogP contribution in [0, 0.1) is 9.39 Å². The van der Waals surface area contributed by atoms with Gasteiger partial charge in [0.2, 0.25) is 0 Å². The van der Waals surface area contributed by atoms with E-state index in [4.69, 9.17) is 11.6 Å². The lowest BCUT2D eigenvalue weighted by atomic mass is 10.2. The Bertz CT molecular complexity index is 577. The van der Waals surface area contributed by atoms with Gasteiger partial charge in [0.05, 0.1) is 0 Å². The van der Waals surface area contributed by atoms with Crippen LogP contribution in [0.1, 0.15) is 5.56 Å². The van der Waals surface area contributed by atoms with Crippen molar-refractivity contribution in [2.24, 2.45) is 0 Å². The van der Waals surface area contributed by atoms with E-state index in [2.05, 4.69) is 43.8 Å². The van der Waals surface area contributed by atoms with Gasteiger partial charge in [-0.15, -0.1) is 0 Å². The monoisotopic (exact) mass is 439 g/mol. The summed E-state index contributed by atoms with van der Waals surface area (Å²) in [6, 6.07) is 10.3. The van der Waals surface area contributed by atoms with Gasteiger partial charge in [-0.3, -0.25) is 0 Å². The second-order valence-electron chi connectivity index (χ2n) is 3.71. The number of anilines is 1. The molecule has 94 valence electrons. The maximum atomic E-state index is 13.0. The molecule has 0 aliphatic carbocycles. The Morgan fingerprint density at radius 3 is 2.72 bits per heavy atom. The van der Waals surface area contributed by atoms with Crippen molar-refractivity contribution in [3.05, 3.63) is 60.8 Å². The normalized spacial score (nSPS) is 10.4. The Balaban J connectivity index is 2.13. The van der Waals surface area contributed by atoms with Gasteiger partial charge < -0.3 is 5.32 Å². The highest BCUT2D eigenvalue weighted by molar-refractivity contribution is 14.1. The number of rotatable bonds is 3.